The van der Waals surface area contributed by atoms with Gasteiger partial charge >= 0.3 is 5.97 Å². The summed E-state index contributed by atoms with van der Waals surface area (Å²) in [5.41, 5.74) is 0. The summed E-state index contributed by atoms with van der Waals surface area (Å²) in [6, 6.07) is 0. The van der Waals surface area contributed by atoms with Crippen LogP contribution in [0.4, 0.5) is 4.39 Å². The summed E-state index contributed by atoms with van der Waals surface area (Å²) in [5, 5.41) is 8.41. The minimum atomic E-state index is -0.745. The highest BCUT2D eigenvalue weighted by Crippen LogP contribution is 2.11. The molecule has 0 aromatic carbocycles. The second-order valence-corrected chi connectivity index (χ2v) is 3.48. The van der Waals surface area contributed by atoms with E-state index >= 15 is 0 Å². The van der Waals surface area contributed by atoms with Crippen molar-refractivity contribution in [1.82, 2.24) is 0 Å². The lowest BCUT2D eigenvalue weighted by molar-refractivity contribution is -0.137. The van der Waals surface area contributed by atoms with Crippen molar-refractivity contribution in [1.29, 1.82) is 0 Å². The number of carbonyl (C=O) groups is 1. The highest BCUT2D eigenvalue weighted by molar-refractivity contribution is 5.66. The van der Waals surface area contributed by atoms with Gasteiger partial charge in [0, 0.05) is 13.0 Å². The molecule has 0 rings (SSSR count). The molecule has 0 saturated carbocycles. The number of rotatable bonds is 9. The second kappa shape index (κ2) is 8.94. The largest absolute Gasteiger partial charge is 0.481 e. The van der Waals surface area contributed by atoms with Gasteiger partial charge in [0.2, 0.25) is 0 Å². The van der Waals surface area contributed by atoms with Crippen molar-refractivity contribution in [3.05, 3.63) is 0 Å². The van der Waals surface area contributed by atoms with E-state index < -0.39 is 12.6 Å². The van der Waals surface area contributed by atoms with Gasteiger partial charge < -0.3 is 9.84 Å². The van der Waals surface area contributed by atoms with Crippen LogP contribution < -0.4 is 0 Å². The van der Waals surface area contributed by atoms with E-state index in [1.54, 1.807) is 0 Å². The molecule has 0 amide bonds. The van der Waals surface area contributed by atoms with Crippen molar-refractivity contribution in [2.24, 2.45) is 5.92 Å². The van der Waals surface area contributed by atoms with E-state index in [0.717, 1.165) is 12.8 Å². The molecule has 1 atom stereocenters. The Morgan fingerprint density at radius 1 is 1.43 bits per heavy atom. The van der Waals surface area contributed by atoms with Gasteiger partial charge in [-0.1, -0.05) is 13.3 Å². The summed E-state index contributed by atoms with van der Waals surface area (Å²) < 4.78 is 16.6. The first-order valence-corrected chi connectivity index (χ1v) is 5.02. The zero-order chi connectivity index (χ0) is 10.8. The molecule has 4 heteroatoms. The zero-order valence-electron chi connectivity index (χ0n) is 8.67. The fraction of sp³-hybridized carbons (Fsp3) is 0.900. The number of ether oxygens (including phenoxy) is 1. The van der Waals surface area contributed by atoms with Crippen LogP contribution in [0, 0.1) is 5.92 Å². The molecule has 0 saturated heterocycles. The maximum Gasteiger partial charge on any atom is 0.303 e. The summed E-state index contributed by atoms with van der Waals surface area (Å²) >= 11 is 0. The van der Waals surface area contributed by atoms with Gasteiger partial charge in [-0.25, -0.2) is 4.39 Å². The number of aliphatic carboxylic acids is 1. The van der Waals surface area contributed by atoms with Crippen LogP contribution in [0.5, 0.6) is 0 Å². The lowest BCUT2D eigenvalue weighted by Gasteiger charge is -2.09. The van der Waals surface area contributed by atoms with Crippen LogP contribution >= 0.6 is 0 Å². The number of hydrogen-bond acceptors (Lipinski definition) is 2. The molecule has 0 bridgehead atoms. The summed E-state index contributed by atoms with van der Waals surface area (Å²) in [5.74, 6) is -0.292. The van der Waals surface area contributed by atoms with Gasteiger partial charge in [-0.3, -0.25) is 4.79 Å². The molecule has 0 aliphatic heterocycles. The lowest BCUT2D eigenvalue weighted by Crippen LogP contribution is -2.05. The smallest absolute Gasteiger partial charge is 0.303 e. The molecule has 14 heavy (non-hydrogen) atoms. The van der Waals surface area contributed by atoms with Crippen LogP contribution in [0.2, 0.25) is 0 Å². The lowest BCUT2D eigenvalue weighted by atomic mass is 10.0. The molecule has 0 aromatic heterocycles. The van der Waals surface area contributed by atoms with Gasteiger partial charge in [-0.2, -0.15) is 0 Å². The Morgan fingerprint density at radius 3 is 2.71 bits per heavy atom. The Hall–Kier alpha value is -0.640. The Bertz CT molecular complexity index is 150. The number of alkyl halides is 1. The summed E-state index contributed by atoms with van der Waals surface area (Å²) in [7, 11) is 0. The molecule has 0 spiro atoms. The van der Waals surface area contributed by atoms with Crippen LogP contribution in [0.3, 0.4) is 0 Å². The van der Waals surface area contributed by atoms with Crippen LogP contribution in [0.15, 0.2) is 0 Å². The predicted octanol–water partition coefficient (Wildman–Crippen LogP) is 2.25. The molecule has 0 fully saturated rings. The Balaban J connectivity index is 3.19. The second-order valence-electron chi connectivity index (χ2n) is 3.48. The minimum Gasteiger partial charge on any atom is -0.481 e. The maximum atomic E-state index is 11.6. The van der Waals surface area contributed by atoms with E-state index in [2.05, 4.69) is 6.92 Å². The van der Waals surface area contributed by atoms with Crippen LogP contribution in [-0.4, -0.2) is 31.0 Å². The number of halogens is 1. The van der Waals surface area contributed by atoms with Crippen LogP contribution in [0.1, 0.15) is 32.6 Å². The van der Waals surface area contributed by atoms with Gasteiger partial charge in [-0.15, -0.1) is 0 Å². The fourth-order valence-electron chi connectivity index (χ4n) is 1.19. The normalized spacial score (nSPS) is 12.7. The topological polar surface area (TPSA) is 46.5 Å². The minimum absolute atomic E-state index is 0.168. The third-order valence-electron chi connectivity index (χ3n) is 2.06. The highest BCUT2D eigenvalue weighted by Gasteiger charge is 2.03. The molecule has 3 nitrogen and oxygen atoms in total. The van der Waals surface area contributed by atoms with Crippen LogP contribution in [0.25, 0.3) is 0 Å². The Morgan fingerprint density at radius 2 is 2.14 bits per heavy atom. The average molecular weight is 206 g/mol. The van der Waals surface area contributed by atoms with E-state index in [-0.39, 0.29) is 13.0 Å². The average Bonchev–Trinajstić information content (AvgIpc) is 2.12. The van der Waals surface area contributed by atoms with Crippen molar-refractivity contribution in [3.8, 4) is 0 Å². The predicted molar refractivity (Wildman–Crippen MR) is 52.1 cm³/mol. The third kappa shape index (κ3) is 9.45. The molecule has 0 aromatic rings. The van der Waals surface area contributed by atoms with Gasteiger partial charge in [0.05, 0.1) is 6.61 Å². The van der Waals surface area contributed by atoms with Crippen molar-refractivity contribution in [2.45, 2.75) is 32.6 Å². The zero-order valence-corrected chi connectivity index (χ0v) is 8.67. The number of carboxylic acid groups (broad SMARTS) is 1. The van der Waals surface area contributed by atoms with E-state index in [4.69, 9.17) is 9.84 Å². The summed E-state index contributed by atoms with van der Waals surface area (Å²) in [4.78, 5) is 10.2. The highest BCUT2D eigenvalue weighted by atomic mass is 19.1. The Labute approximate surface area is 84.3 Å². The van der Waals surface area contributed by atoms with Gasteiger partial charge in [-0.05, 0) is 18.8 Å². The van der Waals surface area contributed by atoms with Gasteiger partial charge in [0.1, 0.15) is 6.67 Å². The molecule has 0 radical (unpaired) electrons. The monoisotopic (exact) mass is 206 g/mol. The number of hydrogen-bond donors (Lipinski definition) is 1. The first kappa shape index (κ1) is 13.4. The van der Waals surface area contributed by atoms with Gasteiger partial charge in [0.15, 0.2) is 0 Å². The standard InChI is InChI=1S/C10H19FO3/c1-9(3-2-4-10(12)13)5-7-14-8-6-11/h9H,2-8H2,1H3,(H,12,13). The van der Waals surface area contributed by atoms with E-state index in [9.17, 15) is 9.18 Å². The van der Waals surface area contributed by atoms with Crippen molar-refractivity contribution < 1.29 is 19.0 Å². The van der Waals surface area contributed by atoms with E-state index in [1.165, 1.54) is 0 Å². The van der Waals surface area contributed by atoms with Crippen molar-refractivity contribution in [2.75, 3.05) is 19.9 Å². The summed E-state index contributed by atoms with van der Waals surface area (Å²) in [6.07, 6.45) is 2.71. The summed E-state index contributed by atoms with van der Waals surface area (Å²) in [6.45, 7) is 2.36. The molecule has 1 unspecified atom stereocenters. The maximum absolute atomic E-state index is 11.6. The first-order chi connectivity index (χ1) is 6.66. The van der Waals surface area contributed by atoms with E-state index in [1.807, 2.05) is 0 Å². The quantitative estimate of drug-likeness (QED) is 0.588. The molecule has 1 N–H and O–H groups in total. The SMILES string of the molecule is CC(CCCC(=O)O)CCOCCF. The number of carboxylic acids is 1. The molecule has 84 valence electrons. The fourth-order valence-corrected chi connectivity index (χ4v) is 1.19. The van der Waals surface area contributed by atoms with Crippen molar-refractivity contribution in [3.63, 3.8) is 0 Å². The first-order valence-electron chi connectivity index (χ1n) is 5.02. The molecule has 0 aliphatic rings. The Kier molecular flexibility index (Phi) is 8.53. The van der Waals surface area contributed by atoms with Crippen LogP contribution in [-0.2, 0) is 9.53 Å². The molecular formula is C10H19FO3. The third-order valence-corrected chi connectivity index (χ3v) is 2.06. The molecule has 0 aliphatic carbocycles. The molecule has 0 heterocycles. The van der Waals surface area contributed by atoms with Crippen molar-refractivity contribution >= 4 is 5.97 Å². The molecular weight excluding hydrogens is 187 g/mol. The van der Waals surface area contributed by atoms with Gasteiger partial charge in [0.25, 0.3) is 0 Å². The van der Waals surface area contributed by atoms with E-state index in [0.29, 0.717) is 18.9 Å².